The molecular formula is C11H15ClOS2. The Bertz CT molecular complexity index is 378. The number of thiol groups is 1. The Kier molecular flexibility index (Phi) is 4.68. The van der Waals surface area contributed by atoms with Crippen molar-refractivity contribution in [2.75, 3.05) is 5.75 Å². The van der Waals surface area contributed by atoms with E-state index in [1.165, 1.54) is 11.0 Å². The van der Waals surface area contributed by atoms with Crippen LogP contribution in [0.15, 0.2) is 4.90 Å². The smallest absolute Gasteiger partial charge is 0.122 e. The molecule has 0 fully saturated rings. The van der Waals surface area contributed by atoms with Crippen LogP contribution in [0.1, 0.15) is 22.3 Å². The van der Waals surface area contributed by atoms with Gasteiger partial charge in [0, 0.05) is 4.90 Å². The van der Waals surface area contributed by atoms with Gasteiger partial charge in [-0.05, 0) is 76.9 Å². The van der Waals surface area contributed by atoms with Gasteiger partial charge in [-0.3, -0.25) is 0 Å². The maximum absolute atomic E-state index is 9.94. The molecule has 4 heteroatoms. The van der Waals surface area contributed by atoms with Gasteiger partial charge in [0.05, 0.1) is 0 Å². The van der Waals surface area contributed by atoms with Crippen molar-refractivity contribution in [3.8, 4) is 5.75 Å². The third-order valence-corrected chi connectivity index (χ3v) is 4.17. The molecule has 0 aliphatic rings. The van der Waals surface area contributed by atoms with Gasteiger partial charge in [-0.15, -0.1) is 0 Å². The molecule has 0 bridgehead atoms. The van der Waals surface area contributed by atoms with Gasteiger partial charge in [0.15, 0.2) is 0 Å². The van der Waals surface area contributed by atoms with Crippen molar-refractivity contribution in [2.45, 2.75) is 32.1 Å². The van der Waals surface area contributed by atoms with E-state index in [4.69, 9.17) is 10.7 Å². The van der Waals surface area contributed by atoms with Gasteiger partial charge in [-0.2, -0.15) is 12.6 Å². The molecule has 0 saturated carbocycles. The summed E-state index contributed by atoms with van der Waals surface area (Å²) >= 11 is 4.23. The number of hydrogen-bond acceptors (Lipinski definition) is 3. The number of benzene rings is 1. The second kappa shape index (κ2) is 5.37. The van der Waals surface area contributed by atoms with Gasteiger partial charge in [-0.25, -0.2) is 0 Å². The number of rotatable bonds is 3. The first-order chi connectivity index (χ1) is 7.04. The maximum atomic E-state index is 9.94. The van der Waals surface area contributed by atoms with Crippen LogP contribution in [0.4, 0.5) is 0 Å². The third kappa shape index (κ3) is 2.40. The van der Waals surface area contributed by atoms with Gasteiger partial charge in [0.2, 0.25) is 0 Å². The van der Waals surface area contributed by atoms with Crippen LogP contribution in [-0.2, 0) is 6.42 Å². The molecule has 0 aromatic heterocycles. The van der Waals surface area contributed by atoms with Crippen LogP contribution in [0.25, 0.3) is 0 Å². The van der Waals surface area contributed by atoms with E-state index in [-0.39, 0.29) is 0 Å². The molecule has 1 aromatic carbocycles. The summed E-state index contributed by atoms with van der Waals surface area (Å²) in [7, 11) is 7.11. The minimum absolute atomic E-state index is 0.388. The molecule has 0 atom stereocenters. The van der Waals surface area contributed by atoms with Crippen LogP contribution in [0.2, 0.25) is 0 Å². The molecule has 1 N–H and O–H groups in total. The molecule has 1 aromatic rings. The molecule has 0 radical (unpaired) electrons. The highest BCUT2D eigenvalue weighted by Gasteiger charge is 2.16. The molecule has 15 heavy (non-hydrogen) atoms. The average Bonchev–Trinajstić information content (AvgIpc) is 2.24. The molecule has 0 aliphatic heterocycles. The number of phenols is 1. The van der Waals surface area contributed by atoms with Gasteiger partial charge in [-0.1, -0.05) is 0 Å². The van der Waals surface area contributed by atoms with Crippen molar-refractivity contribution in [2.24, 2.45) is 0 Å². The summed E-state index contributed by atoms with van der Waals surface area (Å²) in [6, 6.07) is 0. The largest absolute Gasteiger partial charge is 0.507 e. The summed E-state index contributed by atoms with van der Waals surface area (Å²) in [5.74, 6) is 1.14. The summed E-state index contributed by atoms with van der Waals surface area (Å²) in [5, 5.41) is 9.94. The van der Waals surface area contributed by atoms with Crippen LogP contribution in [-0.4, -0.2) is 10.9 Å². The highest BCUT2D eigenvalue weighted by molar-refractivity contribution is 8.21. The van der Waals surface area contributed by atoms with E-state index in [1.807, 2.05) is 20.8 Å². The van der Waals surface area contributed by atoms with Crippen molar-refractivity contribution in [1.82, 2.24) is 0 Å². The van der Waals surface area contributed by atoms with Crippen LogP contribution in [0.3, 0.4) is 0 Å². The zero-order valence-electron chi connectivity index (χ0n) is 9.09. The highest BCUT2D eigenvalue weighted by atomic mass is 35.7. The first-order valence-corrected chi connectivity index (χ1v) is 7.03. The van der Waals surface area contributed by atoms with E-state index in [1.54, 1.807) is 0 Å². The number of phenolic OH excluding ortho intramolecular Hbond substituents is 1. The zero-order chi connectivity index (χ0) is 11.6. The van der Waals surface area contributed by atoms with Crippen LogP contribution in [0.5, 0.6) is 5.75 Å². The van der Waals surface area contributed by atoms with Gasteiger partial charge >= 0.3 is 0 Å². The van der Waals surface area contributed by atoms with Gasteiger partial charge < -0.3 is 5.11 Å². The minimum atomic E-state index is 0.388. The topological polar surface area (TPSA) is 20.2 Å². The van der Waals surface area contributed by atoms with E-state index < -0.39 is 0 Å². The van der Waals surface area contributed by atoms with Crippen molar-refractivity contribution >= 4 is 34.3 Å². The van der Waals surface area contributed by atoms with Crippen molar-refractivity contribution in [3.05, 3.63) is 22.3 Å². The van der Waals surface area contributed by atoms with Crippen molar-refractivity contribution in [1.29, 1.82) is 0 Å². The van der Waals surface area contributed by atoms with Crippen molar-refractivity contribution < 1.29 is 5.11 Å². The predicted molar refractivity (Wildman–Crippen MR) is 71.6 cm³/mol. The lowest BCUT2D eigenvalue weighted by Gasteiger charge is -2.16. The molecule has 0 unspecified atom stereocenters. The average molecular weight is 263 g/mol. The SMILES string of the molecule is Cc1c(C)c(SCl)c(CCS)c(C)c1O. The number of halogens is 1. The molecule has 1 nitrogen and oxygen atoms in total. The Labute approximate surface area is 105 Å². The summed E-state index contributed by atoms with van der Waals surface area (Å²) in [4.78, 5) is 1.07. The zero-order valence-corrected chi connectivity index (χ0v) is 11.6. The maximum Gasteiger partial charge on any atom is 0.122 e. The molecule has 1 rings (SSSR count). The Morgan fingerprint density at radius 1 is 1.20 bits per heavy atom. The fourth-order valence-corrected chi connectivity index (χ4v) is 3.15. The normalized spacial score (nSPS) is 10.7. The van der Waals surface area contributed by atoms with E-state index >= 15 is 0 Å². The van der Waals surface area contributed by atoms with Gasteiger partial charge in [0.25, 0.3) is 0 Å². The second-order valence-corrected chi connectivity index (χ2v) is 5.05. The molecule has 0 heterocycles. The van der Waals surface area contributed by atoms with E-state index in [0.717, 1.165) is 39.3 Å². The lowest BCUT2D eigenvalue weighted by molar-refractivity contribution is 0.464. The van der Waals surface area contributed by atoms with Crippen LogP contribution >= 0.6 is 34.3 Å². The molecule has 0 amide bonds. The quantitative estimate of drug-likeness (QED) is 0.802. The summed E-state index contributed by atoms with van der Waals surface area (Å²) in [6.45, 7) is 5.83. The molecular weight excluding hydrogens is 248 g/mol. The fourth-order valence-electron chi connectivity index (χ4n) is 1.69. The Morgan fingerprint density at radius 3 is 2.27 bits per heavy atom. The minimum Gasteiger partial charge on any atom is -0.507 e. The monoisotopic (exact) mass is 262 g/mol. The standard InChI is InChI=1S/C11H15ClOS2/c1-6-7(2)11(15-12)9(4-5-14)8(3)10(6)13/h13-14H,4-5H2,1-3H3. The number of hydrogen-bond donors (Lipinski definition) is 2. The molecule has 84 valence electrons. The molecule has 0 saturated heterocycles. The molecule has 0 aliphatic carbocycles. The first kappa shape index (κ1) is 13.1. The summed E-state index contributed by atoms with van der Waals surface area (Å²) in [6.07, 6.45) is 0.832. The second-order valence-electron chi connectivity index (χ2n) is 3.58. The lowest BCUT2D eigenvalue weighted by atomic mass is 9.97. The van der Waals surface area contributed by atoms with Crippen LogP contribution in [0, 0.1) is 20.8 Å². The Morgan fingerprint density at radius 2 is 1.80 bits per heavy atom. The third-order valence-electron chi connectivity index (χ3n) is 2.78. The fraction of sp³-hybridized carbons (Fsp3) is 0.455. The molecule has 0 spiro atoms. The van der Waals surface area contributed by atoms with E-state index in [9.17, 15) is 5.11 Å². The van der Waals surface area contributed by atoms with Gasteiger partial charge in [0.1, 0.15) is 5.75 Å². The Balaban J connectivity index is 3.47. The predicted octanol–water partition coefficient (Wildman–Crippen LogP) is 4.04. The lowest BCUT2D eigenvalue weighted by Crippen LogP contribution is -1.99. The summed E-state index contributed by atoms with van der Waals surface area (Å²) in [5.41, 5.74) is 4.02. The van der Waals surface area contributed by atoms with E-state index in [0.29, 0.717) is 5.75 Å². The highest BCUT2D eigenvalue weighted by Crippen LogP contribution is 2.39. The summed E-state index contributed by atoms with van der Waals surface area (Å²) < 4.78 is 0. The van der Waals surface area contributed by atoms with Crippen molar-refractivity contribution in [3.63, 3.8) is 0 Å². The Hall–Kier alpha value is 0.01000. The first-order valence-electron chi connectivity index (χ1n) is 4.75. The van der Waals surface area contributed by atoms with Crippen LogP contribution < -0.4 is 0 Å². The van der Waals surface area contributed by atoms with E-state index in [2.05, 4.69) is 12.6 Å². The number of aromatic hydroxyl groups is 1.